The molecular weight excluding hydrogens is 290 g/mol. The molecule has 0 saturated carbocycles. The van der Waals surface area contributed by atoms with Crippen LogP contribution in [0.1, 0.15) is 21.7 Å². The summed E-state index contributed by atoms with van der Waals surface area (Å²) in [6, 6.07) is 8.37. The number of carbonyl (C=O) groups is 1. The fourth-order valence-corrected chi connectivity index (χ4v) is 3.31. The predicted molar refractivity (Wildman–Crippen MR) is 81.8 cm³/mol. The van der Waals surface area contributed by atoms with Crippen LogP contribution in [0.15, 0.2) is 30.3 Å². The van der Waals surface area contributed by atoms with Crippen LogP contribution in [0, 0.1) is 10.1 Å². The van der Waals surface area contributed by atoms with Gasteiger partial charge in [-0.25, -0.2) is 0 Å². The highest BCUT2D eigenvalue weighted by atomic mass is 32.1. The lowest BCUT2D eigenvalue weighted by Crippen LogP contribution is -2.35. The highest BCUT2D eigenvalue weighted by Gasteiger charge is 2.26. The van der Waals surface area contributed by atoms with Crippen molar-refractivity contribution in [2.45, 2.75) is 12.8 Å². The predicted octanol–water partition coefficient (Wildman–Crippen LogP) is 2.83. The number of hydrogen-bond donors (Lipinski definition) is 1. The number of benzene rings is 1. The number of nitrogens with zero attached hydrogens (tertiary/aromatic N) is 2. The highest BCUT2D eigenvalue weighted by molar-refractivity contribution is 7.17. The van der Waals surface area contributed by atoms with Crippen LogP contribution in [0.5, 0.6) is 0 Å². The van der Waals surface area contributed by atoms with Crippen LogP contribution in [0.3, 0.4) is 0 Å². The van der Waals surface area contributed by atoms with Gasteiger partial charge in [0.25, 0.3) is 5.91 Å². The Hall–Kier alpha value is -2.41. The van der Waals surface area contributed by atoms with Gasteiger partial charge in [0.15, 0.2) is 0 Å². The van der Waals surface area contributed by atoms with Crippen molar-refractivity contribution in [2.24, 2.45) is 0 Å². The molecule has 1 amide bonds. The number of fused-ring (bicyclic) bond motifs is 1. The Morgan fingerprint density at radius 1 is 1.33 bits per heavy atom. The molecule has 0 saturated heterocycles. The zero-order chi connectivity index (χ0) is 15.0. The van der Waals surface area contributed by atoms with E-state index in [2.05, 4.69) is 0 Å². The first-order valence-electron chi connectivity index (χ1n) is 6.51. The molecule has 0 unspecified atom stereocenters. The average Bonchev–Trinajstić information content (AvgIpc) is 2.96. The summed E-state index contributed by atoms with van der Waals surface area (Å²) in [4.78, 5) is 24.9. The summed E-state index contributed by atoms with van der Waals surface area (Å²) in [5, 5.41) is 10.7. The van der Waals surface area contributed by atoms with E-state index >= 15 is 0 Å². The molecule has 21 heavy (non-hydrogen) atoms. The molecule has 1 aliphatic heterocycles. The van der Waals surface area contributed by atoms with E-state index in [0.29, 0.717) is 17.1 Å². The Morgan fingerprint density at radius 2 is 2.14 bits per heavy atom. The van der Waals surface area contributed by atoms with Gasteiger partial charge in [-0.2, -0.15) is 0 Å². The van der Waals surface area contributed by atoms with Crippen molar-refractivity contribution in [2.75, 3.05) is 17.2 Å². The number of hydrogen-bond acceptors (Lipinski definition) is 5. The lowest BCUT2D eigenvalue weighted by molar-refractivity contribution is -0.380. The van der Waals surface area contributed by atoms with Crippen molar-refractivity contribution < 1.29 is 9.72 Å². The van der Waals surface area contributed by atoms with Gasteiger partial charge in [-0.1, -0.05) is 17.4 Å². The van der Waals surface area contributed by atoms with E-state index in [1.165, 1.54) is 12.1 Å². The van der Waals surface area contributed by atoms with E-state index in [-0.39, 0.29) is 10.9 Å². The zero-order valence-electron chi connectivity index (χ0n) is 11.1. The van der Waals surface area contributed by atoms with Crippen molar-refractivity contribution in [1.82, 2.24) is 0 Å². The van der Waals surface area contributed by atoms with Crippen LogP contribution in [0.4, 0.5) is 16.4 Å². The molecule has 3 rings (SSSR count). The number of thiophene rings is 1. The van der Waals surface area contributed by atoms with Crippen LogP contribution in [0.2, 0.25) is 0 Å². The molecule has 0 aliphatic carbocycles. The monoisotopic (exact) mass is 303 g/mol. The van der Waals surface area contributed by atoms with E-state index in [4.69, 9.17) is 5.73 Å². The van der Waals surface area contributed by atoms with Gasteiger partial charge < -0.3 is 10.6 Å². The lowest BCUT2D eigenvalue weighted by Gasteiger charge is -2.29. The van der Waals surface area contributed by atoms with E-state index in [9.17, 15) is 14.9 Å². The van der Waals surface area contributed by atoms with Gasteiger partial charge in [0.2, 0.25) is 0 Å². The van der Waals surface area contributed by atoms with Crippen LogP contribution in [0.25, 0.3) is 0 Å². The summed E-state index contributed by atoms with van der Waals surface area (Å²) in [5.41, 5.74) is 8.43. The molecule has 7 heteroatoms. The molecule has 2 heterocycles. The molecular formula is C14H13N3O3S. The number of carbonyl (C=O) groups excluding carboxylic acids is 1. The number of anilines is 2. The Bertz CT molecular complexity index is 726. The van der Waals surface area contributed by atoms with Crippen molar-refractivity contribution in [3.05, 3.63) is 50.9 Å². The van der Waals surface area contributed by atoms with Gasteiger partial charge in [0.1, 0.15) is 0 Å². The summed E-state index contributed by atoms with van der Waals surface area (Å²) in [6.07, 6.45) is 1.68. The second kappa shape index (κ2) is 5.17. The third kappa shape index (κ3) is 2.36. The van der Waals surface area contributed by atoms with Gasteiger partial charge in [-0.05, 0) is 36.6 Å². The first-order valence-corrected chi connectivity index (χ1v) is 7.33. The summed E-state index contributed by atoms with van der Waals surface area (Å²) in [7, 11) is 0. The van der Waals surface area contributed by atoms with Gasteiger partial charge in [-0.15, -0.1) is 0 Å². The van der Waals surface area contributed by atoms with Crippen molar-refractivity contribution in [3.8, 4) is 0 Å². The molecule has 0 bridgehead atoms. The van der Waals surface area contributed by atoms with Crippen molar-refractivity contribution in [1.29, 1.82) is 0 Å². The Balaban J connectivity index is 1.96. The third-order valence-electron chi connectivity index (χ3n) is 3.51. The summed E-state index contributed by atoms with van der Waals surface area (Å²) < 4.78 is 0. The lowest BCUT2D eigenvalue weighted by atomic mass is 10.00. The molecule has 2 aromatic rings. The standard InChI is InChI=1S/C14H13N3O3S/c15-10-4-1-5-11-9(10)3-2-8-16(11)14(18)12-6-7-13(21-12)17(19)20/h1,4-7H,2-3,8,15H2. The van der Waals surface area contributed by atoms with Gasteiger partial charge in [0.05, 0.1) is 9.80 Å². The van der Waals surface area contributed by atoms with Crippen LogP contribution >= 0.6 is 11.3 Å². The number of amides is 1. The van der Waals surface area contributed by atoms with E-state index in [0.717, 1.165) is 35.4 Å². The summed E-state index contributed by atoms with van der Waals surface area (Å²) in [5.74, 6) is -0.209. The Kier molecular flexibility index (Phi) is 3.34. The Labute approximate surface area is 124 Å². The molecule has 6 nitrogen and oxygen atoms in total. The largest absolute Gasteiger partial charge is 0.398 e. The number of nitro groups is 1. The highest BCUT2D eigenvalue weighted by Crippen LogP contribution is 2.34. The van der Waals surface area contributed by atoms with Crippen LogP contribution in [-0.2, 0) is 6.42 Å². The molecule has 2 N–H and O–H groups in total. The molecule has 108 valence electrons. The smallest absolute Gasteiger partial charge is 0.324 e. The van der Waals surface area contributed by atoms with Gasteiger partial charge in [-0.3, -0.25) is 14.9 Å². The fraction of sp³-hybridized carbons (Fsp3) is 0.214. The minimum atomic E-state index is -0.483. The number of nitrogens with two attached hydrogens (primary N) is 1. The third-order valence-corrected chi connectivity index (χ3v) is 4.54. The van der Waals surface area contributed by atoms with Crippen molar-refractivity contribution in [3.63, 3.8) is 0 Å². The SMILES string of the molecule is Nc1cccc2c1CCCN2C(=O)c1ccc([N+](=O)[O-])s1. The number of nitrogen functional groups attached to an aromatic ring is 1. The second-order valence-electron chi connectivity index (χ2n) is 4.80. The molecule has 1 aromatic heterocycles. The maximum Gasteiger partial charge on any atom is 0.324 e. The van der Waals surface area contributed by atoms with Crippen molar-refractivity contribution >= 4 is 33.6 Å². The minimum absolute atomic E-state index is 0.0249. The van der Waals surface area contributed by atoms with E-state index < -0.39 is 4.92 Å². The van der Waals surface area contributed by atoms with Gasteiger partial charge >= 0.3 is 5.00 Å². The average molecular weight is 303 g/mol. The Morgan fingerprint density at radius 3 is 2.86 bits per heavy atom. The quantitative estimate of drug-likeness (QED) is 0.525. The topological polar surface area (TPSA) is 89.5 Å². The molecule has 1 aliphatic rings. The molecule has 0 spiro atoms. The molecule has 0 radical (unpaired) electrons. The summed E-state index contributed by atoms with van der Waals surface area (Å²) in [6.45, 7) is 0.598. The first kappa shape index (κ1) is 13.6. The molecule has 0 fully saturated rings. The van der Waals surface area contributed by atoms with Crippen LogP contribution in [-0.4, -0.2) is 17.4 Å². The zero-order valence-corrected chi connectivity index (χ0v) is 11.9. The number of rotatable bonds is 2. The second-order valence-corrected chi connectivity index (χ2v) is 5.86. The van der Waals surface area contributed by atoms with E-state index in [1.807, 2.05) is 18.2 Å². The normalized spacial score (nSPS) is 13.8. The summed E-state index contributed by atoms with van der Waals surface area (Å²) >= 11 is 0.900. The maximum absolute atomic E-state index is 12.6. The molecule has 0 atom stereocenters. The van der Waals surface area contributed by atoms with Crippen LogP contribution < -0.4 is 10.6 Å². The van der Waals surface area contributed by atoms with E-state index in [1.54, 1.807) is 4.90 Å². The maximum atomic E-state index is 12.6. The first-order chi connectivity index (χ1) is 10.1. The molecule has 1 aromatic carbocycles. The minimum Gasteiger partial charge on any atom is -0.398 e. The fourth-order valence-electron chi connectivity index (χ4n) is 2.54. The van der Waals surface area contributed by atoms with Gasteiger partial charge in [0, 0.05) is 24.0 Å².